The van der Waals surface area contributed by atoms with Crippen LogP contribution in [-0.2, 0) is 6.61 Å². The fraction of sp³-hybridized carbons (Fsp3) is 0.0952. The zero-order valence-electron chi connectivity index (χ0n) is 14.1. The van der Waals surface area contributed by atoms with Crippen LogP contribution in [0.5, 0.6) is 5.75 Å². The van der Waals surface area contributed by atoms with Gasteiger partial charge in [0.05, 0.1) is 10.0 Å². The Labute approximate surface area is 162 Å². The summed E-state index contributed by atoms with van der Waals surface area (Å²) in [6.45, 7) is 2.48. The molecule has 0 spiro atoms. The van der Waals surface area contributed by atoms with E-state index in [4.69, 9.17) is 27.9 Å². The van der Waals surface area contributed by atoms with E-state index in [1.54, 1.807) is 30.3 Å². The van der Waals surface area contributed by atoms with Crippen LogP contribution in [-0.4, -0.2) is 5.91 Å². The van der Waals surface area contributed by atoms with Crippen molar-refractivity contribution in [3.05, 3.63) is 93.5 Å². The number of nitrogens with one attached hydrogen (secondary N) is 1. The van der Waals surface area contributed by atoms with Crippen molar-refractivity contribution in [1.29, 1.82) is 0 Å². The molecule has 3 rings (SSSR count). The van der Waals surface area contributed by atoms with Crippen LogP contribution < -0.4 is 10.1 Å². The van der Waals surface area contributed by atoms with E-state index in [2.05, 4.69) is 5.32 Å². The van der Waals surface area contributed by atoms with Crippen molar-refractivity contribution < 1.29 is 9.53 Å². The Hall–Kier alpha value is -2.49. The Morgan fingerprint density at radius 3 is 2.27 bits per heavy atom. The Bertz CT molecular complexity index is 906. The molecule has 0 atom stereocenters. The van der Waals surface area contributed by atoms with Crippen molar-refractivity contribution >= 4 is 34.8 Å². The van der Waals surface area contributed by atoms with Crippen LogP contribution in [0.1, 0.15) is 21.5 Å². The number of benzene rings is 3. The van der Waals surface area contributed by atoms with Gasteiger partial charge >= 0.3 is 0 Å². The van der Waals surface area contributed by atoms with Crippen molar-refractivity contribution in [2.24, 2.45) is 0 Å². The van der Waals surface area contributed by atoms with Crippen molar-refractivity contribution in [3.8, 4) is 5.75 Å². The van der Waals surface area contributed by atoms with Crippen molar-refractivity contribution in [3.63, 3.8) is 0 Å². The zero-order valence-corrected chi connectivity index (χ0v) is 15.6. The largest absolute Gasteiger partial charge is 0.489 e. The van der Waals surface area contributed by atoms with Gasteiger partial charge in [0.15, 0.2) is 0 Å². The fourth-order valence-corrected chi connectivity index (χ4v) is 2.63. The number of aryl methyl sites for hydroxylation is 1. The molecule has 3 nitrogen and oxygen atoms in total. The highest BCUT2D eigenvalue weighted by Gasteiger charge is 2.08. The first-order chi connectivity index (χ1) is 12.5. The summed E-state index contributed by atoms with van der Waals surface area (Å²) in [6.07, 6.45) is 0. The topological polar surface area (TPSA) is 38.3 Å². The normalized spacial score (nSPS) is 10.4. The van der Waals surface area contributed by atoms with Gasteiger partial charge in [0.2, 0.25) is 0 Å². The third-order valence-electron chi connectivity index (χ3n) is 3.82. The van der Waals surface area contributed by atoms with Gasteiger partial charge in [0.25, 0.3) is 5.91 Å². The second-order valence-corrected chi connectivity index (χ2v) is 6.70. The molecule has 0 heterocycles. The number of halogens is 2. The Kier molecular flexibility index (Phi) is 5.82. The summed E-state index contributed by atoms with van der Waals surface area (Å²) in [5.41, 5.74) is 3.32. The van der Waals surface area contributed by atoms with E-state index in [-0.39, 0.29) is 5.91 Å². The number of rotatable bonds is 5. The van der Waals surface area contributed by atoms with Crippen molar-refractivity contribution in [2.45, 2.75) is 13.5 Å². The van der Waals surface area contributed by atoms with E-state index in [1.807, 2.05) is 43.3 Å². The molecular formula is C21H17Cl2NO2. The van der Waals surface area contributed by atoms with E-state index in [0.717, 1.165) is 11.3 Å². The number of anilines is 1. The molecule has 1 amide bonds. The van der Waals surface area contributed by atoms with Crippen LogP contribution in [0.4, 0.5) is 5.69 Å². The zero-order chi connectivity index (χ0) is 18.5. The summed E-state index contributed by atoms with van der Waals surface area (Å²) in [4.78, 5) is 12.3. The molecule has 0 unspecified atom stereocenters. The smallest absolute Gasteiger partial charge is 0.255 e. The number of carbonyl (C=O) groups excluding carboxylic acids is 1. The second-order valence-electron chi connectivity index (χ2n) is 5.88. The van der Waals surface area contributed by atoms with E-state index < -0.39 is 0 Å². The van der Waals surface area contributed by atoms with Gasteiger partial charge in [0.1, 0.15) is 12.4 Å². The number of ether oxygens (including phenoxy) is 1. The predicted molar refractivity (Wildman–Crippen MR) is 106 cm³/mol. The third-order valence-corrected chi connectivity index (χ3v) is 4.56. The minimum atomic E-state index is -0.214. The van der Waals surface area contributed by atoms with Crippen LogP contribution >= 0.6 is 23.2 Å². The first kappa shape index (κ1) is 18.3. The van der Waals surface area contributed by atoms with E-state index in [1.165, 1.54) is 5.56 Å². The predicted octanol–water partition coefficient (Wildman–Crippen LogP) is 6.13. The summed E-state index contributed by atoms with van der Waals surface area (Å²) in [5, 5.41) is 3.64. The molecule has 3 aromatic carbocycles. The van der Waals surface area contributed by atoms with Gasteiger partial charge in [-0.15, -0.1) is 0 Å². The van der Waals surface area contributed by atoms with Gasteiger partial charge in [-0.3, -0.25) is 4.79 Å². The van der Waals surface area contributed by atoms with Gasteiger partial charge in [-0.2, -0.15) is 0 Å². The lowest BCUT2D eigenvalue weighted by Gasteiger charge is -2.09. The molecule has 0 saturated carbocycles. The maximum atomic E-state index is 12.3. The number of hydrogen-bond acceptors (Lipinski definition) is 2. The van der Waals surface area contributed by atoms with Gasteiger partial charge in [-0.25, -0.2) is 0 Å². The Morgan fingerprint density at radius 2 is 1.62 bits per heavy atom. The number of hydrogen-bond donors (Lipinski definition) is 1. The van der Waals surface area contributed by atoms with Gasteiger partial charge < -0.3 is 10.1 Å². The highest BCUT2D eigenvalue weighted by molar-refractivity contribution is 6.42. The Morgan fingerprint density at radius 1 is 0.923 bits per heavy atom. The van der Waals surface area contributed by atoms with Crippen LogP contribution in [0.2, 0.25) is 10.0 Å². The van der Waals surface area contributed by atoms with Crippen LogP contribution in [0.25, 0.3) is 0 Å². The molecule has 3 aromatic rings. The first-order valence-corrected chi connectivity index (χ1v) is 8.82. The van der Waals surface area contributed by atoms with Crippen molar-refractivity contribution in [1.82, 2.24) is 0 Å². The molecule has 5 heteroatoms. The van der Waals surface area contributed by atoms with Gasteiger partial charge in [0, 0.05) is 11.3 Å². The molecule has 0 fully saturated rings. The molecule has 0 bridgehead atoms. The highest BCUT2D eigenvalue weighted by Crippen LogP contribution is 2.25. The van der Waals surface area contributed by atoms with E-state index in [0.29, 0.717) is 27.9 Å². The van der Waals surface area contributed by atoms with Gasteiger partial charge in [-0.1, -0.05) is 53.0 Å². The molecular weight excluding hydrogens is 369 g/mol. The third kappa shape index (κ3) is 4.78. The second kappa shape index (κ2) is 8.26. The average molecular weight is 386 g/mol. The monoisotopic (exact) mass is 385 g/mol. The maximum Gasteiger partial charge on any atom is 0.255 e. The van der Waals surface area contributed by atoms with Crippen molar-refractivity contribution in [2.75, 3.05) is 5.32 Å². The molecule has 0 saturated heterocycles. The molecule has 132 valence electrons. The molecule has 0 radical (unpaired) electrons. The lowest BCUT2D eigenvalue weighted by Crippen LogP contribution is -2.11. The summed E-state index contributed by atoms with van der Waals surface area (Å²) >= 11 is 11.8. The summed E-state index contributed by atoms with van der Waals surface area (Å²) in [7, 11) is 0. The van der Waals surface area contributed by atoms with Crippen LogP contribution in [0, 0.1) is 6.92 Å². The molecule has 0 aliphatic heterocycles. The quantitative estimate of drug-likeness (QED) is 0.573. The minimum Gasteiger partial charge on any atom is -0.489 e. The van der Waals surface area contributed by atoms with E-state index in [9.17, 15) is 4.79 Å². The lowest BCUT2D eigenvalue weighted by molar-refractivity contribution is 0.102. The number of amides is 1. The summed E-state index contributed by atoms with van der Waals surface area (Å²) in [5.74, 6) is 0.603. The van der Waals surface area contributed by atoms with Crippen LogP contribution in [0.15, 0.2) is 66.7 Å². The molecule has 1 N–H and O–H groups in total. The molecule has 0 aliphatic carbocycles. The Balaban J connectivity index is 1.60. The standard InChI is InChI=1S/C21H17Cl2NO2/c1-14-2-9-18(10-3-14)26-13-15-4-6-16(7-5-15)21(25)24-17-8-11-19(22)20(23)12-17/h2-12H,13H2,1H3,(H,24,25). The van der Waals surface area contributed by atoms with Crippen LogP contribution in [0.3, 0.4) is 0 Å². The van der Waals surface area contributed by atoms with Gasteiger partial charge in [-0.05, 0) is 55.0 Å². The lowest BCUT2D eigenvalue weighted by atomic mass is 10.1. The molecule has 0 aromatic heterocycles. The van der Waals surface area contributed by atoms with E-state index >= 15 is 0 Å². The molecule has 26 heavy (non-hydrogen) atoms. The summed E-state index contributed by atoms with van der Waals surface area (Å²) in [6, 6.07) is 20.1. The summed E-state index contributed by atoms with van der Waals surface area (Å²) < 4.78 is 5.74. The highest BCUT2D eigenvalue weighted by atomic mass is 35.5. The molecule has 0 aliphatic rings. The SMILES string of the molecule is Cc1ccc(OCc2ccc(C(=O)Nc3ccc(Cl)c(Cl)c3)cc2)cc1. The fourth-order valence-electron chi connectivity index (χ4n) is 2.33. The first-order valence-electron chi connectivity index (χ1n) is 8.06. The number of carbonyl (C=O) groups is 1. The maximum absolute atomic E-state index is 12.3. The average Bonchev–Trinajstić information content (AvgIpc) is 2.65. The minimum absolute atomic E-state index is 0.214.